The lowest BCUT2D eigenvalue weighted by atomic mass is 9.78. The second-order valence-electron chi connectivity index (χ2n) is 6.48. The fourth-order valence-electron chi connectivity index (χ4n) is 2.21. The molecular formula is C16H20BClO4S. The number of halogens is 1. The maximum Gasteiger partial charge on any atom is 0.491 e. The molecular weight excluding hydrogens is 335 g/mol. The molecule has 0 spiro atoms. The Labute approximate surface area is 147 Å². The van der Waals surface area contributed by atoms with E-state index in [1.807, 2.05) is 27.7 Å². The molecule has 0 unspecified atom stereocenters. The maximum atomic E-state index is 11.2. The van der Waals surface area contributed by atoms with Gasteiger partial charge in [0.25, 0.3) is 0 Å². The highest BCUT2D eigenvalue weighted by molar-refractivity contribution is 7.80. The lowest BCUT2D eigenvalue weighted by molar-refractivity contribution is 0.00578. The highest BCUT2D eigenvalue weighted by atomic mass is 35.5. The van der Waals surface area contributed by atoms with Crippen molar-refractivity contribution in [2.24, 2.45) is 0 Å². The Hall–Kier alpha value is -0.945. The van der Waals surface area contributed by atoms with Crippen molar-refractivity contribution in [1.29, 1.82) is 0 Å². The van der Waals surface area contributed by atoms with Gasteiger partial charge in [0, 0.05) is 5.75 Å². The van der Waals surface area contributed by atoms with E-state index < -0.39 is 24.3 Å². The minimum Gasteiger partial charge on any atom is -0.478 e. The second kappa shape index (κ2) is 6.51. The van der Waals surface area contributed by atoms with Crippen molar-refractivity contribution in [2.75, 3.05) is 5.75 Å². The van der Waals surface area contributed by atoms with Crippen LogP contribution in [-0.4, -0.2) is 35.1 Å². The van der Waals surface area contributed by atoms with Gasteiger partial charge in [0.1, 0.15) is 0 Å². The summed E-state index contributed by atoms with van der Waals surface area (Å²) < 4.78 is 12.0. The molecule has 1 aromatic carbocycles. The number of carboxylic acid groups (broad SMARTS) is 1. The highest BCUT2D eigenvalue weighted by Crippen LogP contribution is 2.39. The van der Waals surface area contributed by atoms with Gasteiger partial charge in [0.2, 0.25) is 0 Å². The summed E-state index contributed by atoms with van der Waals surface area (Å²) in [6.45, 7) is 7.89. The lowest BCUT2D eigenvalue weighted by Crippen LogP contribution is -2.41. The Bertz CT molecular complexity index is 641. The topological polar surface area (TPSA) is 55.8 Å². The van der Waals surface area contributed by atoms with E-state index in [4.69, 9.17) is 26.0 Å². The van der Waals surface area contributed by atoms with E-state index in [2.05, 4.69) is 12.6 Å². The minimum absolute atomic E-state index is 0.0628. The van der Waals surface area contributed by atoms with Crippen LogP contribution in [0.15, 0.2) is 23.7 Å². The van der Waals surface area contributed by atoms with Crippen molar-refractivity contribution in [3.8, 4) is 0 Å². The SMILES string of the molecule is CC1(C)OB(C(=Cc2cccc(C(=O)O)c2Cl)CS)OC1(C)C. The molecule has 1 aromatic rings. The van der Waals surface area contributed by atoms with Crippen LogP contribution in [0.3, 0.4) is 0 Å². The molecule has 0 saturated carbocycles. The highest BCUT2D eigenvalue weighted by Gasteiger charge is 2.52. The number of carboxylic acids is 1. The van der Waals surface area contributed by atoms with Crippen LogP contribution in [0.5, 0.6) is 0 Å². The Balaban J connectivity index is 2.38. The Morgan fingerprint density at radius 1 is 1.30 bits per heavy atom. The third-order valence-electron chi connectivity index (χ3n) is 4.34. The normalized spacial score (nSPS) is 19.9. The summed E-state index contributed by atoms with van der Waals surface area (Å²) >= 11 is 10.5. The number of aromatic carboxylic acids is 1. The van der Waals surface area contributed by atoms with Crippen LogP contribution in [-0.2, 0) is 9.31 Å². The molecule has 124 valence electrons. The minimum atomic E-state index is -1.06. The van der Waals surface area contributed by atoms with E-state index in [-0.39, 0.29) is 10.6 Å². The molecule has 0 aromatic heterocycles. The second-order valence-corrected chi connectivity index (χ2v) is 7.17. The van der Waals surface area contributed by atoms with Crippen molar-refractivity contribution in [3.63, 3.8) is 0 Å². The average Bonchev–Trinajstić information content (AvgIpc) is 2.65. The number of benzene rings is 1. The first-order chi connectivity index (χ1) is 10.6. The first-order valence-electron chi connectivity index (χ1n) is 7.28. The van der Waals surface area contributed by atoms with Crippen molar-refractivity contribution in [1.82, 2.24) is 0 Å². The van der Waals surface area contributed by atoms with Crippen LogP contribution in [0.25, 0.3) is 6.08 Å². The molecule has 0 radical (unpaired) electrons. The van der Waals surface area contributed by atoms with Gasteiger partial charge in [-0.1, -0.05) is 29.8 Å². The first kappa shape index (κ1) is 18.4. The molecule has 0 bridgehead atoms. The Kier molecular flexibility index (Phi) is 5.21. The molecule has 0 amide bonds. The average molecular weight is 355 g/mol. The monoisotopic (exact) mass is 354 g/mol. The van der Waals surface area contributed by atoms with E-state index in [1.165, 1.54) is 6.07 Å². The number of rotatable bonds is 4. The standard InChI is InChI=1S/C16H20BClO4S/c1-15(2)16(3,4)22-17(21-15)11(9-23)8-10-6-5-7-12(13(10)18)14(19)20/h5-8,23H,9H2,1-4H3,(H,19,20). The Morgan fingerprint density at radius 3 is 2.35 bits per heavy atom. The molecule has 0 atom stereocenters. The van der Waals surface area contributed by atoms with Gasteiger partial charge in [0.05, 0.1) is 21.8 Å². The maximum absolute atomic E-state index is 11.2. The van der Waals surface area contributed by atoms with Crippen molar-refractivity contribution in [3.05, 3.63) is 39.8 Å². The zero-order valence-corrected chi connectivity index (χ0v) is 15.2. The third-order valence-corrected chi connectivity index (χ3v) is 5.13. The largest absolute Gasteiger partial charge is 0.491 e. The predicted octanol–water partition coefficient (Wildman–Crippen LogP) is 3.98. The van der Waals surface area contributed by atoms with Crippen LogP contribution in [0.4, 0.5) is 0 Å². The molecule has 1 fully saturated rings. The van der Waals surface area contributed by atoms with Crippen molar-refractivity contribution in [2.45, 2.75) is 38.9 Å². The van der Waals surface area contributed by atoms with Crippen molar-refractivity contribution >= 4 is 43.4 Å². The Morgan fingerprint density at radius 2 is 1.87 bits per heavy atom. The lowest BCUT2D eigenvalue weighted by Gasteiger charge is -2.32. The summed E-state index contributed by atoms with van der Waals surface area (Å²) in [6, 6.07) is 4.88. The van der Waals surface area contributed by atoms with Crippen molar-refractivity contribution < 1.29 is 19.2 Å². The van der Waals surface area contributed by atoms with E-state index in [1.54, 1.807) is 18.2 Å². The molecule has 23 heavy (non-hydrogen) atoms. The number of thiol groups is 1. The summed E-state index contributed by atoms with van der Waals surface area (Å²) in [4.78, 5) is 11.2. The molecule has 1 aliphatic heterocycles. The first-order valence-corrected chi connectivity index (χ1v) is 8.29. The van der Waals surface area contributed by atoms with Gasteiger partial charge < -0.3 is 14.4 Å². The van der Waals surface area contributed by atoms with E-state index in [0.29, 0.717) is 11.3 Å². The van der Waals surface area contributed by atoms with Gasteiger partial charge in [-0.15, -0.1) is 0 Å². The van der Waals surface area contributed by atoms with Gasteiger partial charge in [-0.2, -0.15) is 12.6 Å². The van der Waals surface area contributed by atoms with Gasteiger partial charge >= 0.3 is 13.1 Å². The van der Waals surface area contributed by atoms with Crippen LogP contribution < -0.4 is 0 Å². The molecule has 1 heterocycles. The molecule has 4 nitrogen and oxygen atoms in total. The van der Waals surface area contributed by atoms with Crippen LogP contribution >= 0.6 is 24.2 Å². The van der Waals surface area contributed by atoms with Crippen LogP contribution in [0.2, 0.25) is 5.02 Å². The number of hydrogen-bond donors (Lipinski definition) is 2. The summed E-state index contributed by atoms with van der Waals surface area (Å²) in [5.74, 6) is -0.655. The summed E-state index contributed by atoms with van der Waals surface area (Å²) in [5.41, 5.74) is 0.549. The predicted molar refractivity (Wildman–Crippen MR) is 96.3 cm³/mol. The van der Waals surface area contributed by atoms with E-state index >= 15 is 0 Å². The smallest absolute Gasteiger partial charge is 0.478 e. The zero-order valence-electron chi connectivity index (χ0n) is 13.6. The fourth-order valence-corrected chi connectivity index (χ4v) is 2.71. The molecule has 7 heteroatoms. The molecule has 2 rings (SSSR count). The van der Waals surface area contributed by atoms with Crippen LogP contribution in [0, 0.1) is 0 Å². The number of hydrogen-bond acceptors (Lipinski definition) is 4. The summed E-state index contributed by atoms with van der Waals surface area (Å²) in [7, 11) is -0.540. The third kappa shape index (κ3) is 3.60. The van der Waals surface area contributed by atoms with Gasteiger partial charge in [-0.05, 0) is 44.8 Å². The van der Waals surface area contributed by atoms with Gasteiger partial charge in [-0.3, -0.25) is 0 Å². The number of carbonyl (C=O) groups is 1. The zero-order chi connectivity index (χ0) is 17.4. The summed E-state index contributed by atoms with van der Waals surface area (Å²) in [5, 5.41) is 9.35. The molecule has 0 aliphatic carbocycles. The van der Waals surface area contributed by atoms with Gasteiger partial charge in [0.15, 0.2) is 0 Å². The quantitative estimate of drug-likeness (QED) is 0.634. The van der Waals surface area contributed by atoms with Crippen LogP contribution in [0.1, 0.15) is 43.6 Å². The molecule has 1 saturated heterocycles. The molecule has 1 N–H and O–H groups in total. The fraction of sp³-hybridized carbons (Fsp3) is 0.438. The van der Waals surface area contributed by atoms with Gasteiger partial charge in [-0.25, -0.2) is 4.79 Å². The van der Waals surface area contributed by atoms with E-state index in [9.17, 15) is 4.79 Å². The van der Waals surface area contributed by atoms with E-state index in [0.717, 1.165) is 5.47 Å². The summed E-state index contributed by atoms with van der Waals surface area (Å²) in [6.07, 6.45) is 1.78. The molecule has 1 aliphatic rings.